The van der Waals surface area contributed by atoms with Gasteiger partial charge in [-0.25, -0.2) is 15.8 Å². The zero-order chi connectivity index (χ0) is 14.7. The maximum atomic E-state index is 5.40. The van der Waals surface area contributed by atoms with Crippen molar-refractivity contribution < 1.29 is 0 Å². The molecule has 0 aliphatic carbocycles. The van der Waals surface area contributed by atoms with Crippen molar-refractivity contribution in [1.29, 1.82) is 0 Å². The second kappa shape index (κ2) is 6.28. The Morgan fingerprint density at radius 1 is 1.05 bits per heavy atom. The molecule has 0 bridgehead atoms. The molecule has 7 heteroatoms. The molecule has 1 aliphatic heterocycles. The molecule has 0 radical (unpaired) electrons. The van der Waals surface area contributed by atoms with Gasteiger partial charge in [0.25, 0.3) is 0 Å². The van der Waals surface area contributed by atoms with Crippen LogP contribution in [0.5, 0.6) is 0 Å². The van der Waals surface area contributed by atoms with Gasteiger partial charge >= 0.3 is 0 Å². The normalized spacial score (nSPS) is 14.3. The third-order valence-corrected chi connectivity index (χ3v) is 4.28. The van der Waals surface area contributed by atoms with Crippen molar-refractivity contribution in [3.05, 3.63) is 35.1 Å². The molecule has 21 heavy (non-hydrogen) atoms. The Hall–Kier alpha value is -1.86. The number of rotatable bonds is 4. The molecule has 6 nitrogen and oxygen atoms in total. The molecule has 1 saturated heterocycles. The third kappa shape index (κ3) is 3.08. The molecule has 0 amide bonds. The predicted molar refractivity (Wildman–Crippen MR) is 88.7 cm³/mol. The van der Waals surface area contributed by atoms with Crippen molar-refractivity contribution >= 4 is 38.9 Å². The first-order valence-corrected chi connectivity index (χ1v) is 7.66. The van der Waals surface area contributed by atoms with Gasteiger partial charge in [0.2, 0.25) is 0 Å². The van der Waals surface area contributed by atoms with E-state index in [1.165, 1.54) is 24.9 Å². The lowest BCUT2D eigenvalue weighted by Gasteiger charge is -2.18. The fourth-order valence-corrected chi connectivity index (χ4v) is 2.84. The lowest BCUT2D eigenvalue weighted by atomic mass is 10.2. The highest BCUT2D eigenvalue weighted by molar-refractivity contribution is 9.10. The Morgan fingerprint density at radius 3 is 2.38 bits per heavy atom. The molecule has 110 valence electrons. The number of nitrogen functional groups attached to an aromatic ring is 1. The minimum Gasteiger partial charge on any atom is -0.372 e. The Kier molecular flexibility index (Phi) is 4.21. The number of aromatic nitrogens is 2. The summed E-state index contributed by atoms with van der Waals surface area (Å²) >= 11 is 3.43. The number of nitrogens with zero attached hydrogens (tertiary/aromatic N) is 3. The lowest BCUT2D eigenvalue weighted by molar-refractivity contribution is 0.949. The minimum atomic E-state index is 0.543. The first-order chi connectivity index (χ1) is 10.3. The molecule has 2 heterocycles. The summed E-state index contributed by atoms with van der Waals surface area (Å²) in [7, 11) is 0. The van der Waals surface area contributed by atoms with Crippen molar-refractivity contribution in [2.24, 2.45) is 5.84 Å². The summed E-state index contributed by atoms with van der Waals surface area (Å²) in [6.45, 7) is 2.30. The minimum absolute atomic E-state index is 0.543. The molecule has 0 saturated carbocycles. The number of nitrogens with two attached hydrogens (primary N) is 1. The van der Waals surface area contributed by atoms with Crippen LogP contribution in [0.2, 0.25) is 0 Å². The highest BCUT2D eigenvalue weighted by Gasteiger charge is 2.12. The molecular formula is C14H17BrN6. The average Bonchev–Trinajstić information content (AvgIpc) is 3.04. The van der Waals surface area contributed by atoms with E-state index in [1.54, 1.807) is 0 Å². The second-order valence-electron chi connectivity index (χ2n) is 4.90. The summed E-state index contributed by atoms with van der Waals surface area (Å²) < 4.78 is 0.705. The maximum Gasteiger partial charge on any atom is 0.159 e. The summed E-state index contributed by atoms with van der Waals surface area (Å²) in [4.78, 5) is 10.6. The van der Waals surface area contributed by atoms with Crippen LogP contribution in [0.4, 0.5) is 23.0 Å². The van der Waals surface area contributed by atoms with Gasteiger partial charge in [0.05, 0.1) is 0 Å². The van der Waals surface area contributed by atoms with Crippen LogP contribution in [0.15, 0.2) is 35.1 Å². The number of nitrogens with one attached hydrogen (secondary N) is 2. The number of hydrogen-bond donors (Lipinski definition) is 3. The predicted octanol–water partition coefficient (Wildman–Crippen LogP) is 2.87. The Bertz CT molecular complexity index is 609. The quantitative estimate of drug-likeness (QED) is 0.582. The van der Waals surface area contributed by atoms with E-state index in [0.717, 1.165) is 18.8 Å². The molecule has 1 fully saturated rings. The summed E-state index contributed by atoms with van der Waals surface area (Å²) in [5.74, 6) is 6.61. The highest BCUT2D eigenvalue weighted by atomic mass is 79.9. The molecule has 2 aromatic rings. The van der Waals surface area contributed by atoms with Crippen LogP contribution in [0.25, 0.3) is 0 Å². The number of hydrazine groups is 1. The van der Waals surface area contributed by atoms with E-state index < -0.39 is 0 Å². The maximum absolute atomic E-state index is 5.40. The second-order valence-corrected chi connectivity index (χ2v) is 5.69. The van der Waals surface area contributed by atoms with E-state index in [4.69, 9.17) is 5.84 Å². The van der Waals surface area contributed by atoms with E-state index in [2.05, 4.69) is 65.8 Å². The number of hydrogen-bond acceptors (Lipinski definition) is 6. The van der Waals surface area contributed by atoms with Gasteiger partial charge in [-0.1, -0.05) is 0 Å². The van der Waals surface area contributed by atoms with Crippen molar-refractivity contribution in [2.45, 2.75) is 12.8 Å². The average molecular weight is 349 g/mol. The molecule has 4 N–H and O–H groups in total. The molecule has 3 rings (SSSR count). The monoisotopic (exact) mass is 348 g/mol. The number of anilines is 4. The molecule has 1 aromatic carbocycles. The summed E-state index contributed by atoms with van der Waals surface area (Å²) in [5, 5.41) is 3.25. The fourth-order valence-electron chi connectivity index (χ4n) is 2.43. The number of benzene rings is 1. The Balaban J connectivity index is 1.76. The molecule has 0 atom stereocenters. The van der Waals surface area contributed by atoms with Crippen LogP contribution < -0.4 is 21.5 Å². The van der Waals surface area contributed by atoms with Crippen molar-refractivity contribution in [2.75, 3.05) is 28.7 Å². The zero-order valence-electron chi connectivity index (χ0n) is 11.5. The van der Waals surface area contributed by atoms with Crippen LogP contribution >= 0.6 is 15.9 Å². The van der Waals surface area contributed by atoms with E-state index >= 15 is 0 Å². The molecule has 1 aliphatic rings. The molecule has 0 spiro atoms. The van der Waals surface area contributed by atoms with Crippen LogP contribution in [0, 0.1) is 0 Å². The van der Waals surface area contributed by atoms with Gasteiger partial charge in [0.15, 0.2) is 5.82 Å². The van der Waals surface area contributed by atoms with Crippen LogP contribution in [-0.4, -0.2) is 23.1 Å². The SMILES string of the molecule is NNc1ncnc(Nc2ccc(N3CCCC3)cc2)c1Br. The van der Waals surface area contributed by atoms with Gasteiger partial charge in [0, 0.05) is 24.5 Å². The summed E-state index contributed by atoms with van der Waals surface area (Å²) in [6.07, 6.45) is 4.02. The van der Waals surface area contributed by atoms with E-state index in [-0.39, 0.29) is 0 Å². The van der Waals surface area contributed by atoms with E-state index in [9.17, 15) is 0 Å². The van der Waals surface area contributed by atoms with Crippen molar-refractivity contribution in [3.63, 3.8) is 0 Å². The Morgan fingerprint density at radius 2 is 1.71 bits per heavy atom. The van der Waals surface area contributed by atoms with Crippen molar-refractivity contribution in [1.82, 2.24) is 9.97 Å². The first kappa shape index (κ1) is 14.1. The fraction of sp³-hybridized carbons (Fsp3) is 0.286. The third-order valence-electron chi connectivity index (χ3n) is 3.53. The van der Waals surface area contributed by atoms with E-state index in [0.29, 0.717) is 16.1 Å². The number of halogens is 1. The van der Waals surface area contributed by atoms with Crippen molar-refractivity contribution in [3.8, 4) is 0 Å². The zero-order valence-corrected chi connectivity index (χ0v) is 13.1. The Labute approximate surface area is 131 Å². The van der Waals surface area contributed by atoms with Gasteiger partial charge in [-0.2, -0.15) is 0 Å². The topological polar surface area (TPSA) is 79.1 Å². The smallest absolute Gasteiger partial charge is 0.159 e. The highest BCUT2D eigenvalue weighted by Crippen LogP contribution is 2.29. The van der Waals surface area contributed by atoms with Gasteiger partial charge < -0.3 is 15.6 Å². The van der Waals surface area contributed by atoms with Crippen LogP contribution in [-0.2, 0) is 0 Å². The molecule has 1 aromatic heterocycles. The standard InChI is InChI=1S/C14H17BrN6/c15-12-13(17-9-18-14(12)20-16)19-10-3-5-11(6-4-10)21-7-1-2-8-21/h3-6,9H,1-2,7-8,16H2,(H2,17,18,19,20). The largest absolute Gasteiger partial charge is 0.372 e. The summed E-state index contributed by atoms with van der Waals surface area (Å²) in [5.41, 5.74) is 4.76. The van der Waals surface area contributed by atoms with Gasteiger partial charge in [0.1, 0.15) is 16.6 Å². The lowest BCUT2D eigenvalue weighted by Crippen LogP contribution is -2.17. The van der Waals surface area contributed by atoms with Crippen LogP contribution in [0.1, 0.15) is 12.8 Å². The van der Waals surface area contributed by atoms with Gasteiger partial charge in [-0.3, -0.25) is 0 Å². The van der Waals surface area contributed by atoms with Gasteiger partial charge in [-0.15, -0.1) is 0 Å². The molecule has 0 unspecified atom stereocenters. The van der Waals surface area contributed by atoms with Crippen LogP contribution in [0.3, 0.4) is 0 Å². The molecular weight excluding hydrogens is 332 g/mol. The first-order valence-electron chi connectivity index (χ1n) is 6.87. The van der Waals surface area contributed by atoms with E-state index in [1.807, 2.05) is 0 Å². The summed E-state index contributed by atoms with van der Waals surface area (Å²) in [6, 6.07) is 8.37. The van der Waals surface area contributed by atoms with Gasteiger partial charge in [-0.05, 0) is 53.0 Å².